The van der Waals surface area contributed by atoms with Crippen LogP contribution in [0.5, 0.6) is 0 Å². The number of rotatable bonds is 3. The minimum absolute atomic E-state index is 0.00116. The van der Waals surface area contributed by atoms with E-state index in [0.29, 0.717) is 18.9 Å². The summed E-state index contributed by atoms with van der Waals surface area (Å²) >= 11 is 0. The molecule has 1 N–H and O–H groups in total. The molecule has 2 aliphatic rings. The SMILES string of the molecule is C=CC(C)CC(C)C.CC1(C)OCC2NC(=O)CC2O1. The normalized spacial score (nSPS) is 29.0. The zero-order valence-corrected chi connectivity index (χ0v) is 13.4. The maximum atomic E-state index is 11.0. The van der Waals surface area contributed by atoms with E-state index in [0.717, 1.165) is 5.92 Å². The Morgan fingerprint density at radius 1 is 1.45 bits per heavy atom. The van der Waals surface area contributed by atoms with Crippen LogP contribution in [0, 0.1) is 11.8 Å². The van der Waals surface area contributed by atoms with Crippen molar-refractivity contribution in [3.63, 3.8) is 0 Å². The third-order valence-corrected chi connectivity index (χ3v) is 3.47. The zero-order chi connectivity index (χ0) is 15.3. The monoisotopic (exact) mass is 283 g/mol. The van der Waals surface area contributed by atoms with Crippen LogP contribution >= 0.6 is 0 Å². The molecule has 3 atom stereocenters. The van der Waals surface area contributed by atoms with Crippen LogP contribution in [0.2, 0.25) is 0 Å². The van der Waals surface area contributed by atoms with Crippen LogP contribution in [0.15, 0.2) is 12.7 Å². The molecule has 2 heterocycles. The van der Waals surface area contributed by atoms with Crippen molar-refractivity contribution < 1.29 is 14.3 Å². The Labute approximate surface area is 122 Å². The summed E-state index contributed by atoms with van der Waals surface area (Å²) in [5.74, 6) is 1.03. The van der Waals surface area contributed by atoms with Gasteiger partial charge in [0, 0.05) is 0 Å². The molecule has 4 heteroatoms. The summed E-state index contributed by atoms with van der Waals surface area (Å²) in [5, 5.41) is 2.80. The molecule has 3 unspecified atom stereocenters. The first-order chi connectivity index (χ1) is 9.23. The second-order valence-corrected chi connectivity index (χ2v) is 6.59. The van der Waals surface area contributed by atoms with Crippen molar-refractivity contribution in [2.75, 3.05) is 6.61 Å². The third kappa shape index (κ3) is 5.63. The molecule has 0 spiro atoms. The second kappa shape index (κ2) is 7.23. The molecule has 0 aliphatic carbocycles. The van der Waals surface area contributed by atoms with Crippen molar-refractivity contribution in [2.45, 2.75) is 65.4 Å². The lowest BCUT2D eigenvalue weighted by Crippen LogP contribution is -2.49. The number of fused-ring (bicyclic) bond motifs is 1. The Kier molecular flexibility index (Phi) is 6.21. The molecule has 0 aromatic heterocycles. The Morgan fingerprint density at radius 2 is 2.10 bits per heavy atom. The molecule has 0 aromatic carbocycles. The topological polar surface area (TPSA) is 47.6 Å². The molecule has 2 rings (SSSR count). The van der Waals surface area contributed by atoms with E-state index in [2.05, 4.69) is 32.7 Å². The Balaban J connectivity index is 0.000000221. The van der Waals surface area contributed by atoms with Crippen molar-refractivity contribution in [1.29, 1.82) is 0 Å². The highest BCUT2D eigenvalue weighted by Gasteiger charge is 2.42. The van der Waals surface area contributed by atoms with Gasteiger partial charge < -0.3 is 14.8 Å². The minimum atomic E-state index is -0.534. The minimum Gasteiger partial charge on any atom is -0.348 e. The van der Waals surface area contributed by atoms with Gasteiger partial charge in [-0.15, -0.1) is 6.58 Å². The first kappa shape index (κ1) is 17.2. The summed E-state index contributed by atoms with van der Waals surface area (Å²) in [5.41, 5.74) is 0. The Bertz CT molecular complexity index is 339. The number of amides is 1. The molecule has 2 saturated heterocycles. The van der Waals surface area contributed by atoms with Crippen molar-refractivity contribution in [3.05, 3.63) is 12.7 Å². The van der Waals surface area contributed by atoms with Crippen LogP contribution < -0.4 is 5.32 Å². The molecule has 0 saturated carbocycles. The van der Waals surface area contributed by atoms with Gasteiger partial charge in [0.2, 0.25) is 5.91 Å². The van der Waals surface area contributed by atoms with Gasteiger partial charge in [-0.25, -0.2) is 0 Å². The third-order valence-electron chi connectivity index (χ3n) is 3.47. The number of hydrogen-bond acceptors (Lipinski definition) is 3. The van der Waals surface area contributed by atoms with Gasteiger partial charge in [0.15, 0.2) is 5.79 Å². The van der Waals surface area contributed by atoms with Crippen molar-refractivity contribution >= 4 is 5.91 Å². The number of allylic oxidation sites excluding steroid dienone is 1. The standard InChI is InChI=1S/C8H13NO3.C8H16/c1-8(2)11-4-5-6(12-8)3-7(10)9-5;1-5-8(4)6-7(2)3/h5-6H,3-4H2,1-2H3,(H,9,10);5,7-8H,1,6H2,2-4H3. The Hall–Kier alpha value is -0.870. The average molecular weight is 283 g/mol. The molecule has 0 radical (unpaired) electrons. The highest BCUT2D eigenvalue weighted by Crippen LogP contribution is 2.26. The highest BCUT2D eigenvalue weighted by atomic mass is 16.7. The quantitative estimate of drug-likeness (QED) is 0.810. The van der Waals surface area contributed by atoms with Gasteiger partial charge in [0.25, 0.3) is 0 Å². The van der Waals surface area contributed by atoms with E-state index < -0.39 is 5.79 Å². The van der Waals surface area contributed by atoms with Crippen LogP contribution in [-0.2, 0) is 14.3 Å². The van der Waals surface area contributed by atoms with E-state index in [4.69, 9.17) is 9.47 Å². The summed E-state index contributed by atoms with van der Waals surface area (Å²) < 4.78 is 11.0. The Morgan fingerprint density at radius 3 is 2.60 bits per heavy atom. The summed E-state index contributed by atoms with van der Waals surface area (Å²) in [6, 6.07) is 0.0607. The van der Waals surface area contributed by atoms with Crippen molar-refractivity contribution in [1.82, 2.24) is 5.32 Å². The molecule has 2 fully saturated rings. The van der Waals surface area contributed by atoms with Gasteiger partial charge in [-0.05, 0) is 32.1 Å². The number of carbonyl (C=O) groups excluding carboxylic acids is 1. The second-order valence-electron chi connectivity index (χ2n) is 6.59. The maximum Gasteiger partial charge on any atom is 0.223 e. The molecule has 116 valence electrons. The fourth-order valence-electron chi connectivity index (χ4n) is 2.49. The lowest BCUT2D eigenvalue weighted by molar-refractivity contribution is -0.275. The lowest BCUT2D eigenvalue weighted by Gasteiger charge is -2.37. The summed E-state index contributed by atoms with van der Waals surface area (Å²) in [6.45, 7) is 14.7. The van der Waals surface area contributed by atoms with Gasteiger partial charge >= 0.3 is 0 Å². The number of carbonyl (C=O) groups is 1. The zero-order valence-electron chi connectivity index (χ0n) is 13.4. The molecular weight excluding hydrogens is 254 g/mol. The molecule has 20 heavy (non-hydrogen) atoms. The molecule has 2 aliphatic heterocycles. The smallest absolute Gasteiger partial charge is 0.223 e. The molecule has 0 aromatic rings. The van der Waals surface area contributed by atoms with E-state index in [-0.39, 0.29) is 18.1 Å². The van der Waals surface area contributed by atoms with Gasteiger partial charge in [0.05, 0.1) is 25.2 Å². The average Bonchev–Trinajstić information content (AvgIpc) is 2.67. The van der Waals surface area contributed by atoms with Gasteiger partial charge in [-0.1, -0.05) is 26.8 Å². The first-order valence-corrected chi connectivity index (χ1v) is 7.47. The summed E-state index contributed by atoms with van der Waals surface area (Å²) in [7, 11) is 0. The number of nitrogens with one attached hydrogen (secondary N) is 1. The fraction of sp³-hybridized carbons (Fsp3) is 0.812. The predicted molar refractivity (Wildman–Crippen MR) is 80.3 cm³/mol. The first-order valence-electron chi connectivity index (χ1n) is 7.47. The van der Waals surface area contributed by atoms with Crippen molar-refractivity contribution in [2.24, 2.45) is 11.8 Å². The largest absolute Gasteiger partial charge is 0.348 e. The van der Waals surface area contributed by atoms with Crippen LogP contribution in [0.1, 0.15) is 47.5 Å². The van der Waals surface area contributed by atoms with E-state index in [1.807, 2.05) is 19.9 Å². The van der Waals surface area contributed by atoms with Gasteiger partial charge in [-0.2, -0.15) is 0 Å². The molecule has 0 bridgehead atoms. The predicted octanol–water partition coefficient (Wildman–Crippen LogP) is 2.88. The fourth-order valence-corrected chi connectivity index (χ4v) is 2.49. The van der Waals surface area contributed by atoms with Crippen LogP contribution in [0.3, 0.4) is 0 Å². The summed E-state index contributed by atoms with van der Waals surface area (Å²) in [6.07, 6.45) is 3.75. The van der Waals surface area contributed by atoms with Crippen molar-refractivity contribution in [3.8, 4) is 0 Å². The molecule has 1 amide bonds. The molecule has 4 nitrogen and oxygen atoms in total. The molecular formula is C16H29NO3. The maximum absolute atomic E-state index is 11.0. The van der Waals surface area contributed by atoms with E-state index >= 15 is 0 Å². The van der Waals surface area contributed by atoms with Gasteiger partial charge in [0.1, 0.15) is 0 Å². The van der Waals surface area contributed by atoms with E-state index in [9.17, 15) is 4.79 Å². The summed E-state index contributed by atoms with van der Waals surface area (Å²) in [4.78, 5) is 11.0. The van der Waals surface area contributed by atoms with E-state index in [1.165, 1.54) is 6.42 Å². The van der Waals surface area contributed by atoms with Gasteiger partial charge in [-0.3, -0.25) is 4.79 Å². The van der Waals surface area contributed by atoms with Crippen LogP contribution in [-0.4, -0.2) is 30.4 Å². The number of hydrogen-bond donors (Lipinski definition) is 1. The van der Waals surface area contributed by atoms with Crippen LogP contribution in [0.4, 0.5) is 0 Å². The van der Waals surface area contributed by atoms with E-state index in [1.54, 1.807) is 0 Å². The highest BCUT2D eigenvalue weighted by molar-refractivity contribution is 5.79. The lowest BCUT2D eigenvalue weighted by atomic mass is 9.99. The van der Waals surface area contributed by atoms with Crippen LogP contribution in [0.25, 0.3) is 0 Å². The number of ether oxygens (including phenoxy) is 2.